The minimum Gasteiger partial charge on any atom is -0.388 e. The van der Waals surface area contributed by atoms with Crippen LogP contribution < -0.4 is 5.73 Å². The molecule has 3 N–H and O–H groups in total. The predicted octanol–water partition coefficient (Wildman–Crippen LogP) is 3.78. The van der Waals surface area contributed by atoms with Crippen molar-refractivity contribution in [2.75, 3.05) is 12.3 Å². The Hall–Kier alpha value is -0.510. The topological polar surface area (TPSA) is 46.2 Å². The molecule has 2 rings (SSSR count). The maximum atomic E-state index is 10.4. The Balaban J connectivity index is 1.81. The van der Waals surface area contributed by atoms with Gasteiger partial charge in [-0.25, -0.2) is 0 Å². The monoisotopic (exact) mass is 293 g/mol. The summed E-state index contributed by atoms with van der Waals surface area (Å²) >= 11 is 1.89. The number of nitrogens with two attached hydrogens (primary N) is 1. The Morgan fingerprint density at radius 3 is 2.65 bits per heavy atom. The molecule has 3 heteroatoms. The molecule has 1 aromatic rings. The third-order valence-corrected chi connectivity index (χ3v) is 5.60. The first kappa shape index (κ1) is 15.9. The van der Waals surface area contributed by atoms with Gasteiger partial charge >= 0.3 is 0 Å². The molecule has 2 nitrogen and oxygen atoms in total. The zero-order valence-corrected chi connectivity index (χ0v) is 13.5. The van der Waals surface area contributed by atoms with Gasteiger partial charge in [0.1, 0.15) is 0 Å². The van der Waals surface area contributed by atoms with Crippen LogP contribution in [0.2, 0.25) is 0 Å². The van der Waals surface area contributed by atoms with Crippen LogP contribution in [0.5, 0.6) is 0 Å². The maximum absolute atomic E-state index is 10.4. The summed E-state index contributed by atoms with van der Waals surface area (Å²) in [5.74, 6) is 2.04. The quantitative estimate of drug-likeness (QED) is 0.785. The van der Waals surface area contributed by atoms with Crippen molar-refractivity contribution >= 4 is 11.8 Å². The number of benzene rings is 1. The Bertz CT molecular complexity index is 418. The molecule has 2 unspecified atom stereocenters. The van der Waals surface area contributed by atoms with E-state index in [-0.39, 0.29) is 0 Å². The summed E-state index contributed by atoms with van der Waals surface area (Å²) in [6.07, 6.45) is 4.18. The van der Waals surface area contributed by atoms with E-state index < -0.39 is 5.60 Å². The van der Waals surface area contributed by atoms with Crippen LogP contribution in [0.1, 0.15) is 51.0 Å². The van der Waals surface area contributed by atoms with E-state index in [2.05, 4.69) is 38.1 Å². The molecule has 1 fully saturated rings. The maximum Gasteiger partial charge on any atom is 0.0797 e. The molecule has 0 aliphatic heterocycles. The number of aliphatic hydroxyl groups is 1. The van der Waals surface area contributed by atoms with Crippen molar-refractivity contribution in [3.05, 3.63) is 29.8 Å². The summed E-state index contributed by atoms with van der Waals surface area (Å²) in [5, 5.41) is 10.4. The van der Waals surface area contributed by atoms with E-state index in [1.165, 1.54) is 10.5 Å². The van der Waals surface area contributed by atoms with Crippen LogP contribution in [0.3, 0.4) is 0 Å². The third kappa shape index (κ3) is 3.78. The van der Waals surface area contributed by atoms with Gasteiger partial charge in [-0.15, -0.1) is 11.8 Å². The second-order valence-electron chi connectivity index (χ2n) is 6.26. The summed E-state index contributed by atoms with van der Waals surface area (Å²) in [6, 6.07) is 8.87. The van der Waals surface area contributed by atoms with E-state index in [4.69, 9.17) is 5.73 Å². The van der Waals surface area contributed by atoms with E-state index in [0.29, 0.717) is 18.4 Å². The lowest BCUT2D eigenvalue weighted by Crippen LogP contribution is -2.41. The minimum atomic E-state index is -0.595. The summed E-state index contributed by atoms with van der Waals surface area (Å²) in [5.41, 5.74) is 6.53. The molecule has 0 saturated heterocycles. The molecule has 20 heavy (non-hydrogen) atoms. The molecule has 112 valence electrons. The van der Waals surface area contributed by atoms with Gasteiger partial charge in [0.2, 0.25) is 0 Å². The molecule has 0 aromatic heterocycles. The summed E-state index contributed by atoms with van der Waals surface area (Å²) < 4.78 is 0. The molecule has 0 heterocycles. The van der Waals surface area contributed by atoms with Gasteiger partial charge in [0.25, 0.3) is 0 Å². The van der Waals surface area contributed by atoms with Gasteiger partial charge in [0, 0.05) is 11.4 Å². The Morgan fingerprint density at radius 2 is 2.05 bits per heavy atom. The van der Waals surface area contributed by atoms with Gasteiger partial charge in [-0.2, -0.15) is 0 Å². The zero-order valence-electron chi connectivity index (χ0n) is 12.6. The Labute approximate surface area is 127 Å². The molecular weight excluding hydrogens is 266 g/mol. The average molecular weight is 293 g/mol. The van der Waals surface area contributed by atoms with Crippen molar-refractivity contribution in [2.24, 2.45) is 11.7 Å². The van der Waals surface area contributed by atoms with Crippen molar-refractivity contribution in [3.63, 3.8) is 0 Å². The highest BCUT2D eigenvalue weighted by Crippen LogP contribution is 2.38. The van der Waals surface area contributed by atoms with Crippen molar-refractivity contribution in [1.82, 2.24) is 0 Å². The highest BCUT2D eigenvalue weighted by molar-refractivity contribution is 7.99. The number of hydrogen-bond donors (Lipinski definition) is 2. The molecule has 0 radical (unpaired) electrons. The number of thioether (sulfide) groups is 1. The van der Waals surface area contributed by atoms with Crippen LogP contribution in [0.15, 0.2) is 29.2 Å². The van der Waals surface area contributed by atoms with Gasteiger partial charge in [0.15, 0.2) is 0 Å². The lowest BCUT2D eigenvalue weighted by molar-refractivity contribution is 0.0104. The molecule has 1 saturated carbocycles. The fourth-order valence-corrected chi connectivity index (χ4v) is 4.04. The zero-order chi connectivity index (χ0) is 14.6. The van der Waals surface area contributed by atoms with E-state index in [1.807, 2.05) is 11.8 Å². The van der Waals surface area contributed by atoms with Crippen molar-refractivity contribution < 1.29 is 5.11 Å². The summed E-state index contributed by atoms with van der Waals surface area (Å²) in [4.78, 5) is 1.32. The smallest absolute Gasteiger partial charge is 0.0797 e. The molecule has 0 amide bonds. The van der Waals surface area contributed by atoms with Crippen molar-refractivity contribution in [1.29, 1.82) is 0 Å². The SMILES string of the molecule is CC(C)c1ccc(SCCC2CCCC2(O)CN)cc1. The van der Waals surface area contributed by atoms with Gasteiger partial charge < -0.3 is 10.8 Å². The first-order chi connectivity index (χ1) is 9.55. The van der Waals surface area contributed by atoms with E-state index in [9.17, 15) is 5.11 Å². The van der Waals surface area contributed by atoms with Crippen LogP contribution in [0, 0.1) is 5.92 Å². The third-order valence-electron chi connectivity index (χ3n) is 4.56. The fourth-order valence-electron chi connectivity index (χ4n) is 3.08. The standard InChI is InChI=1S/C17H27NOS/c1-13(2)14-5-7-16(8-6-14)20-11-9-15-4-3-10-17(15,19)12-18/h5-8,13,15,19H,3-4,9-12,18H2,1-2H3. The van der Waals surface area contributed by atoms with E-state index in [1.54, 1.807) is 0 Å². The molecule has 0 spiro atoms. The summed E-state index contributed by atoms with van der Waals surface area (Å²) in [6.45, 7) is 4.84. The molecule has 1 aromatic carbocycles. The fraction of sp³-hybridized carbons (Fsp3) is 0.647. The van der Waals surface area contributed by atoms with Crippen LogP contribution in [-0.2, 0) is 0 Å². The van der Waals surface area contributed by atoms with Crippen molar-refractivity contribution in [3.8, 4) is 0 Å². The largest absolute Gasteiger partial charge is 0.388 e. The van der Waals surface area contributed by atoms with Crippen LogP contribution in [0.25, 0.3) is 0 Å². The highest BCUT2D eigenvalue weighted by atomic mass is 32.2. The molecule has 1 aliphatic rings. The van der Waals surface area contributed by atoms with Gasteiger partial charge in [-0.05, 0) is 54.5 Å². The normalized spacial score (nSPS) is 26.4. The van der Waals surface area contributed by atoms with Crippen LogP contribution in [0.4, 0.5) is 0 Å². The lowest BCUT2D eigenvalue weighted by atomic mass is 9.89. The average Bonchev–Trinajstić information content (AvgIpc) is 2.82. The van der Waals surface area contributed by atoms with Gasteiger partial charge in [0.05, 0.1) is 5.60 Å². The van der Waals surface area contributed by atoms with E-state index >= 15 is 0 Å². The first-order valence-electron chi connectivity index (χ1n) is 7.70. The van der Waals surface area contributed by atoms with Gasteiger partial charge in [-0.1, -0.05) is 32.4 Å². The first-order valence-corrected chi connectivity index (χ1v) is 8.69. The Kier molecular flexibility index (Phi) is 5.53. The molecule has 2 atom stereocenters. The second kappa shape index (κ2) is 6.97. The van der Waals surface area contributed by atoms with Crippen molar-refractivity contribution in [2.45, 2.75) is 55.9 Å². The highest BCUT2D eigenvalue weighted by Gasteiger charge is 2.39. The second-order valence-corrected chi connectivity index (χ2v) is 7.43. The lowest BCUT2D eigenvalue weighted by Gasteiger charge is -2.28. The number of rotatable bonds is 6. The minimum absolute atomic E-state index is 0.384. The van der Waals surface area contributed by atoms with E-state index in [0.717, 1.165) is 31.4 Å². The summed E-state index contributed by atoms with van der Waals surface area (Å²) in [7, 11) is 0. The molecular formula is C17H27NOS. The number of hydrogen-bond acceptors (Lipinski definition) is 3. The Morgan fingerprint density at radius 1 is 1.35 bits per heavy atom. The predicted molar refractivity (Wildman–Crippen MR) is 87.2 cm³/mol. The van der Waals surface area contributed by atoms with Gasteiger partial charge in [-0.3, -0.25) is 0 Å². The molecule has 1 aliphatic carbocycles. The van der Waals surface area contributed by atoms with Crippen LogP contribution in [-0.4, -0.2) is 23.0 Å². The van der Waals surface area contributed by atoms with Crippen LogP contribution >= 0.6 is 11.8 Å². The molecule has 0 bridgehead atoms.